The Hall–Kier alpha value is -2.17. The average molecular weight is 382 g/mol. The van der Waals surface area contributed by atoms with Crippen LogP contribution in [0, 0.1) is 0 Å². The highest BCUT2D eigenvalue weighted by molar-refractivity contribution is 7.89. The zero-order chi connectivity index (χ0) is 18.7. The van der Waals surface area contributed by atoms with Crippen molar-refractivity contribution in [1.29, 1.82) is 0 Å². The van der Waals surface area contributed by atoms with Crippen LogP contribution >= 0.6 is 0 Å². The number of nitrogens with zero attached hydrogens (tertiary/aromatic N) is 3. The molecule has 142 valence electrons. The van der Waals surface area contributed by atoms with E-state index in [1.807, 2.05) is 0 Å². The second kappa shape index (κ2) is 7.60. The predicted molar refractivity (Wildman–Crippen MR) is 96.7 cm³/mol. The monoisotopic (exact) mass is 382 g/mol. The third-order valence-corrected chi connectivity index (χ3v) is 5.30. The Morgan fingerprint density at radius 3 is 2.50 bits per heavy atom. The lowest BCUT2D eigenvalue weighted by Gasteiger charge is -2.26. The Balaban J connectivity index is 1.73. The van der Waals surface area contributed by atoms with Gasteiger partial charge in [0.2, 0.25) is 15.9 Å². The van der Waals surface area contributed by atoms with Crippen LogP contribution in [0.2, 0.25) is 0 Å². The Bertz CT molecular complexity index is 957. The van der Waals surface area contributed by atoms with Gasteiger partial charge < -0.3 is 10.1 Å². The number of carbonyl (C=O) groups excluding carboxylic acids is 1. The summed E-state index contributed by atoms with van der Waals surface area (Å²) in [7, 11) is -3.77. The molecule has 2 aromatic rings. The molecule has 26 heavy (non-hydrogen) atoms. The van der Waals surface area contributed by atoms with E-state index in [9.17, 15) is 18.0 Å². The Morgan fingerprint density at radius 1 is 1.19 bits per heavy atom. The normalized spacial score (nSPS) is 16.0. The molecular formula is C16H22N4O5S. The number of hydrogen-bond acceptors (Lipinski definition) is 6. The van der Waals surface area contributed by atoms with E-state index in [-0.39, 0.29) is 18.0 Å². The molecule has 1 aromatic heterocycles. The largest absolute Gasteiger partial charge is 0.379 e. The summed E-state index contributed by atoms with van der Waals surface area (Å²) in [6, 6.07) is 6.52. The number of imidazole rings is 1. The summed E-state index contributed by atoms with van der Waals surface area (Å²) in [4.78, 5) is 27.0. The van der Waals surface area contributed by atoms with Gasteiger partial charge in [0.25, 0.3) is 0 Å². The van der Waals surface area contributed by atoms with Crippen LogP contribution < -0.4 is 11.0 Å². The Kier molecular flexibility index (Phi) is 5.44. The van der Waals surface area contributed by atoms with Crippen LogP contribution in [0.5, 0.6) is 0 Å². The lowest BCUT2D eigenvalue weighted by Crippen LogP contribution is -2.42. The van der Waals surface area contributed by atoms with E-state index in [4.69, 9.17) is 4.74 Å². The van der Waals surface area contributed by atoms with Crippen LogP contribution in [0.4, 0.5) is 0 Å². The topological polar surface area (TPSA) is 103 Å². The molecule has 0 spiro atoms. The molecule has 1 saturated heterocycles. The van der Waals surface area contributed by atoms with Crippen molar-refractivity contribution in [3.8, 4) is 0 Å². The number of aromatic nitrogens is 2. The van der Waals surface area contributed by atoms with Gasteiger partial charge in [0.1, 0.15) is 6.54 Å². The molecule has 0 aliphatic carbocycles. The zero-order valence-electron chi connectivity index (χ0n) is 14.6. The number of morpholine rings is 1. The molecular weight excluding hydrogens is 360 g/mol. The summed E-state index contributed by atoms with van der Waals surface area (Å²) < 4.78 is 31.1. The maximum atomic E-state index is 12.5. The van der Waals surface area contributed by atoms with Gasteiger partial charge in [-0.05, 0) is 12.1 Å². The molecule has 2 heterocycles. The summed E-state index contributed by atoms with van der Waals surface area (Å²) in [5.74, 6) is -0.336. The van der Waals surface area contributed by atoms with Gasteiger partial charge in [0.05, 0.1) is 30.5 Å². The van der Waals surface area contributed by atoms with Gasteiger partial charge in [-0.25, -0.2) is 13.2 Å². The molecule has 1 N–H and O–H groups in total. The number of nitrogens with one attached hydrogen (secondary N) is 1. The number of para-hydroxylation sites is 2. The molecule has 0 saturated carbocycles. The summed E-state index contributed by atoms with van der Waals surface area (Å²) >= 11 is 0. The van der Waals surface area contributed by atoms with Crippen LogP contribution in [0.3, 0.4) is 0 Å². The van der Waals surface area contributed by atoms with E-state index < -0.39 is 15.7 Å². The van der Waals surface area contributed by atoms with Crippen molar-refractivity contribution in [2.45, 2.75) is 6.54 Å². The van der Waals surface area contributed by atoms with Gasteiger partial charge >= 0.3 is 5.69 Å². The molecule has 0 atom stereocenters. The number of rotatable bonds is 6. The number of hydrogen-bond donors (Lipinski definition) is 1. The van der Waals surface area contributed by atoms with Crippen molar-refractivity contribution in [2.75, 3.05) is 45.6 Å². The molecule has 3 rings (SSSR count). The minimum atomic E-state index is -3.77. The molecule has 9 nitrogen and oxygen atoms in total. The minimum Gasteiger partial charge on any atom is -0.379 e. The van der Waals surface area contributed by atoms with E-state index >= 15 is 0 Å². The summed E-state index contributed by atoms with van der Waals surface area (Å²) in [5.41, 5.74) is -0.0654. The van der Waals surface area contributed by atoms with Crippen LogP contribution in [-0.4, -0.2) is 73.4 Å². The summed E-state index contributed by atoms with van der Waals surface area (Å²) in [6.45, 7) is 3.97. The quantitative estimate of drug-likeness (QED) is 0.692. The molecule has 10 heteroatoms. The first-order chi connectivity index (χ1) is 12.4. The molecule has 0 radical (unpaired) electrons. The molecule has 1 amide bonds. The van der Waals surface area contributed by atoms with E-state index in [1.165, 1.54) is 4.57 Å². The lowest BCUT2D eigenvalue weighted by atomic mass is 10.3. The van der Waals surface area contributed by atoms with Gasteiger partial charge in [0, 0.05) is 26.2 Å². The standard InChI is InChI=1S/C16H22N4O5S/c1-26(23,24)20-14-5-3-2-4-13(14)19(16(20)22)12-15(21)17-6-7-18-8-10-25-11-9-18/h2-5H,6-12H2,1H3,(H,17,21). The fraction of sp³-hybridized carbons (Fsp3) is 0.500. The highest BCUT2D eigenvalue weighted by Crippen LogP contribution is 2.14. The SMILES string of the molecule is CS(=O)(=O)n1c(=O)n(CC(=O)NCCN2CCOCC2)c2ccccc21. The first-order valence-electron chi connectivity index (χ1n) is 8.35. The molecule has 0 unspecified atom stereocenters. The number of carbonyl (C=O) groups is 1. The van der Waals surface area contributed by atoms with Crippen molar-refractivity contribution >= 4 is 27.0 Å². The van der Waals surface area contributed by atoms with E-state index in [1.54, 1.807) is 24.3 Å². The van der Waals surface area contributed by atoms with Gasteiger partial charge in [0.15, 0.2) is 0 Å². The van der Waals surface area contributed by atoms with Crippen molar-refractivity contribution in [1.82, 2.24) is 18.8 Å². The van der Waals surface area contributed by atoms with Gasteiger partial charge in [-0.1, -0.05) is 12.1 Å². The first kappa shape index (κ1) is 18.6. The number of amides is 1. The van der Waals surface area contributed by atoms with Gasteiger partial charge in [-0.2, -0.15) is 3.97 Å². The van der Waals surface area contributed by atoms with Gasteiger partial charge in [-0.15, -0.1) is 0 Å². The molecule has 1 aromatic carbocycles. The first-order valence-corrected chi connectivity index (χ1v) is 10.2. The average Bonchev–Trinajstić information content (AvgIpc) is 2.88. The van der Waals surface area contributed by atoms with Crippen LogP contribution in [0.25, 0.3) is 11.0 Å². The van der Waals surface area contributed by atoms with E-state index in [0.29, 0.717) is 31.8 Å². The second-order valence-corrected chi connectivity index (χ2v) is 8.02. The maximum Gasteiger partial charge on any atom is 0.343 e. The van der Waals surface area contributed by atoms with Gasteiger partial charge in [-0.3, -0.25) is 14.3 Å². The highest BCUT2D eigenvalue weighted by Gasteiger charge is 2.20. The van der Waals surface area contributed by atoms with Crippen LogP contribution in [-0.2, 0) is 26.1 Å². The number of ether oxygens (including phenoxy) is 1. The molecule has 1 aliphatic heterocycles. The second-order valence-electron chi connectivity index (χ2n) is 6.19. The highest BCUT2D eigenvalue weighted by atomic mass is 32.2. The van der Waals surface area contributed by atoms with Crippen molar-refractivity contribution in [3.05, 3.63) is 34.7 Å². The van der Waals surface area contributed by atoms with Crippen LogP contribution in [0.15, 0.2) is 29.1 Å². The summed E-state index contributed by atoms with van der Waals surface area (Å²) in [6.07, 6.45) is 0.966. The minimum absolute atomic E-state index is 0.231. The zero-order valence-corrected chi connectivity index (χ0v) is 15.4. The smallest absolute Gasteiger partial charge is 0.343 e. The molecule has 1 aliphatic rings. The fourth-order valence-corrected chi connectivity index (χ4v) is 3.92. The lowest BCUT2D eigenvalue weighted by molar-refractivity contribution is -0.121. The number of fused-ring (bicyclic) bond motifs is 1. The van der Waals surface area contributed by atoms with Crippen LogP contribution in [0.1, 0.15) is 0 Å². The van der Waals surface area contributed by atoms with Crippen molar-refractivity contribution < 1.29 is 17.9 Å². The van der Waals surface area contributed by atoms with Crippen molar-refractivity contribution in [3.63, 3.8) is 0 Å². The molecule has 1 fully saturated rings. The molecule has 0 bridgehead atoms. The van der Waals surface area contributed by atoms with E-state index in [0.717, 1.165) is 23.3 Å². The van der Waals surface area contributed by atoms with E-state index in [2.05, 4.69) is 10.2 Å². The fourth-order valence-electron chi connectivity index (χ4n) is 3.03. The van der Waals surface area contributed by atoms with Crippen molar-refractivity contribution in [2.24, 2.45) is 0 Å². The Labute approximate surface area is 151 Å². The Morgan fingerprint density at radius 2 is 1.85 bits per heavy atom. The summed E-state index contributed by atoms with van der Waals surface area (Å²) in [5, 5.41) is 2.78. The number of benzene rings is 1. The third-order valence-electron chi connectivity index (χ3n) is 4.28. The predicted octanol–water partition coefficient (Wildman–Crippen LogP) is -0.941. The maximum absolute atomic E-state index is 12.5. The third kappa shape index (κ3) is 3.97.